The zero-order valence-corrected chi connectivity index (χ0v) is 9.25. The van der Waals surface area contributed by atoms with Crippen molar-refractivity contribution in [3.05, 3.63) is 42.0 Å². The van der Waals surface area contributed by atoms with Crippen molar-refractivity contribution in [2.75, 3.05) is 5.32 Å². The Morgan fingerprint density at radius 2 is 2.00 bits per heavy atom. The number of carbonyl (C=O) groups excluding carboxylic acids is 1. The van der Waals surface area contributed by atoms with E-state index in [9.17, 15) is 13.6 Å². The fourth-order valence-electron chi connectivity index (χ4n) is 1.94. The summed E-state index contributed by atoms with van der Waals surface area (Å²) in [4.78, 5) is 11.6. The normalized spacial score (nSPS) is 18.4. The van der Waals surface area contributed by atoms with E-state index in [4.69, 9.17) is 0 Å². The Hall–Kier alpha value is -1.71. The van der Waals surface area contributed by atoms with Gasteiger partial charge in [0.25, 0.3) is 0 Å². The number of amides is 1. The number of hydrogen-bond donors (Lipinski definition) is 1. The van der Waals surface area contributed by atoms with Crippen LogP contribution in [0, 0.1) is 17.6 Å². The van der Waals surface area contributed by atoms with Crippen LogP contribution in [-0.4, -0.2) is 5.91 Å². The maximum absolute atomic E-state index is 12.9. The molecule has 0 fully saturated rings. The lowest BCUT2D eigenvalue weighted by atomic mass is 10.1. The predicted molar refractivity (Wildman–Crippen MR) is 61.5 cm³/mol. The first-order valence-electron chi connectivity index (χ1n) is 5.56. The third-order valence-electron chi connectivity index (χ3n) is 2.71. The molecule has 0 heterocycles. The molecule has 0 bridgehead atoms. The third kappa shape index (κ3) is 3.37. The highest BCUT2D eigenvalue weighted by molar-refractivity contribution is 5.91. The molecule has 0 aliphatic heterocycles. The molecule has 2 nitrogen and oxygen atoms in total. The number of carbonyl (C=O) groups is 1. The minimum atomic E-state index is -0.693. The SMILES string of the molecule is O=C(CC1C=CCC1)Nc1cc(F)cc(F)c1. The van der Waals surface area contributed by atoms with Crippen molar-refractivity contribution >= 4 is 11.6 Å². The van der Waals surface area contributed by atoms with E-state index in [0.717, 1.165) is 31.0 Å². The first-order chi connectivity index (χ1) is 8.13. The van der Waals surface area contributed by atoms with Crippen LogP contribution in [0.2, 0.25) is 0 Å². The molecule has 90 valence electrons. The maximum atomic E-state index is 12.9. The minimum absolute atomic E-state index is 0.162. The monoisotopic (exact) mass is 237 g/mol. The fourth-order valence-corrected chi connectivity index (χ4v) is 1.94. The van der Waals surface area contributed by atoms with Gasteiger partial charge in [0.1, 0.15) is 11.6 Å². The molecule has 1 aliphatic rings. The summed E-state index contributed by atoms with van der Waals surface area (Å²) >= 11 is 0. The minimum Gasteiger partial charge on any atom is -0.326 e. The van der Waals surface area contributed by atoms with E-state index < -0.39 is 11.6 Å². The number of anilines is 1. The van der Waals surface area contributed by atoms with Crippen LogP contribution in [-0.2, 0) is 4.79 Å². The quantitative estimate of drug-likeness (QED) is 0.803. The molecule has 0 spiro atoms. The summed E-state index contributed by atoms with van der Waals surface area (Å²) in [6, 6.07) is 2.98. The zero-order chi connectivity index (χ0) is 12.3. The summed E-state index contributed by atoms with van der Waals surface area (Å²) in [5.41, 5.74) is 0.162. The molecule has 0 radical (unpaired) electrons. The Balaban J connectivity index is 1.95. The van der Waals surface area contributed by atoms with E-state index in [1.54, 1.807) is 0 Å². The smallest absolute Gasteiger partial charge is 0.224 e. The number of allylic oxidation sites excluding steroid dienone is 2. The van der Waals surface area contributed by atoms with Gasteiger partial charge in [-0.2, -0.15) is 0 Å². The van der Waals surface area contributed by atoms with Gasteiger partial charge in [-0.15, -0.1) is 0 Å². The zero-order valence-electron chi connectivity index (χ0n) is 9.25. The van der Waals surface area contributed by atoms with Crippen molar-refractivity contribution in [1.82, 2.24) is 0 Å². The lowest BCUT2D eigenvalue weighted by Gasteiger charge is -2.08. The van der Waals surface area contributed by atoms with Gasteiger partial charge >= 0.3 is 0 Å². The van der Waals surface area contributed by atoms with Crippen LogP contribution < -0.4 is 5.32 Å². The van der Waals surface area contributed by atoms with Crippen molar-refractivity contribution in [1.29, 1.82) is 0 Å². The van der Waals surface area contributed by atoms with Gasteiger partial charge < -0.3 is 5.32 Å². The van der Waals surface area contributed by atoms with E-state index in [1.807, 2.05) is 12.2 Å². The molecule has 1 amide bonds. The van der Waals surface area contributed by atoms with Gasteiger partial charge in [-0.05, 0) is 30.9 Å². The Bertz CT molecular complexity index is 436. The molecule has 1 aromatic carbocycles. The van der Waals surface area contributed by atoms with Gasteiger partial charge in [0.2, 0.25) is 5.91 Å². The van der Waals surface area contributed by atoms with E-state index >= 15 is 0 Å². The van der Waals surface area contributed by atoms with Crippen LogP contribution in [0.3, 0.4) is 0 Å². The second-order valence-corrected chi connectivity index (χ2v) is 4.18. The van der Waals surface area contributed by atoms with Crippen molar-refractivity contribution in [2.45, 2.75) is 19.3 Å². The van der Waals surface area contributed by atoms with Crippen LogP contribution in [0.25, 0.3) is 0 Å². The van der Waals surface area contributed by atoms with Crippen LogP contribution in [0.15, 0.2) is 30.4 Å². The van der Waals surface area contributed by atoms with Crippen molar-refractivity contribution in [3.8, 4) is 0 Å². The van der Waals surface area contributed by atoms with E-state index in [0.29, 0.717) is 6.42 Å². The number of halogens is 2. The molecule has 1 unspecified atom stereocenters. The van der Waals surface area contributed by atoms with Gasteiger partial charge in [0.15, 0.2) is 0 Å². The van der Waals surface area contributed by atoms with Gasteiger partial charge in [0.05, 0.1) is 0 Å². The maximum Gasteiger partial charge on any atom is 0.224 e. The largest absolute Gasteiger partial charge is 0.326 e. The molecule has 1 atom stereocenters. The first kappa shape index (κ1) is 11.8. The molecule has 0 saturated carbocycles. The molecule has 4 heteroatoms. The summed E-state index contributed by atoms with van der Waals surface area (Å²) in [7, 11) is 0. The van der Waals surface area contributed by atoms with E-state index in [1.165, 1.54) is 0 Å². The number of hydrogen-bond acceptors (Lipinski definition) is 1. The Labute approximate surface area is 98.3 Å². The van der Waals surface area contributed by atoms with Crippen molar-refractivity contribution < 1.29 is 13.6 Å². The molecule has 2 rings (SSSR count). The van der Waals surface area contributed by atoms with Gasteiger partial charge in [-0.3, -0.25) is 4.79 Å². The van der Waals surface area contributed by atoms with Gasteiger partial charge in [-0.25, -0.2) is 8.78 Å². The molecule has 1 aliphatic carbocycles. The van der Waals surface area contributed by atoms with Gasteiger partial charge in [0, 0.05) is 18.2 Å². The number of nitrogens with one attached hydrogen (secondary N) is 1. The third-order valence-corrected chi connectivity index (χ3v) is 2.71. The fraction of sp³-hybridized carbons (Fsp3) is 0.308. The highest BCUT2D eigenvalue weighted by Crippen LogP contribution is 2.21. The van der Waals surface area contributed by atoms with E-state index in [2.05, 4.69) is 5.32 Å². The Morgan fingerprint density at radius 3 is 2.59 bits per heavy atom. The first-order valence-corrected chi connectivity index (χ1v) is 5.56. The molecule has 0 saturated heterocycles. The van der Waals surface area contributed by atoms with Gasteiger partial charge in [-0.1, -0.05) is 12.2 Å². The number of benzene rings is 1. The molecule has 1 N–H and O–H groups in total. The lowest BCUT2D eigenvalue weighted by molar-refractivity contribution is -0.116. The summed E-state index contributed by atoms with van der Waals surface area (Å²) in [5.74, 6) is -1.36. The molecule has 17 heavy (non-hydrogen) atoms. The molecule has 1 aromatic rings. The average molecular weight is 237 g/mol. The molecule has 0 aromatic heterocycles. The summed E-state index contributed by atoms with van der Waals surface area (Å²) in [6.07, 6.45) is 6.36. The molecular formula is C13H13F2NO. The van der Waals surface area contributed by atoms with E-state index in [-0.39, 0.29) is 17.5 Å². The average Bonchev–Trinajstić information content (AvgIpc) is 2.67. The van der Waals surface area contributed by atoms with Crippen LogP contribution in [0.1, 0.15) is 19.3 Å². The second-order valence-electron chi connectivity index (χ2n) is 4.18. The van der Waals surface area contributed by atoms with Crippen LogP contribution >= 0.6 is 0 Å². The summed E-state index contributed by atoms with van der Waals surface area (Å²) < 4.78 is 25.8. The standard InChI is InChI=1S/C13H13F2NO/c14-10-6-11(15)8-12(7-10)16-13(17)5-9-3-1-2-4-9/h1,3,6-9H,2,4-5H2,(H,16,17). The van der Waals surface area contributed by atoms with Crippen molar-refractivity contribution in [2.24, 2.45) is 5.92 Å². The topological polar surface area (TPSA) is 29.1 Å². The molecular weight excluding hydrogens is 224 g/mol. The number of rotatable bonds is 3. The van der Waals surface area contributed by atoms with Crippen molar-refractivity contribution in [3.63, 3.8) is 0 Å². The van der Waals surface area contributed by atoms with Crippen LogP contribution in [0.5, 0.6) is 0 Å². The highest BCUT2D eigenvalue weighted by Gasteiger charge is 2.14. The predicted octanol–water partition coefficient (Wildman–Crippen LogP) is 3.26. The summed E-state index contributed by atoms with van der Waals surface area (Å²) in [6.45, 7) is 0. The van der Waals surface area contributed by atoms with Crippen LogP contribution in [0.4, 0.5) is 14.5 Å². The highest BCUT2D eigenvalue weighted by atomic mass is 19.1. The summed E-state index contributed by atoms with van der Waals surface area (Å²) in [5, 5.41) is 2.50. The second kappa shape index (κ2) is 5.08. The Kier molecular flexibility index (Phi) is 3.52. The Morgan fingerprint density at radius 1 is 1.29 bits per heavy atom. The lowest BCUT2D eigenvalue weighted by Crippen LogP contribution is -2.15.